The summed E-state index contributed by atoms with van der Waals surface area (Å²) in [5, 5.41) is 0. The number of rotatable bonds is 3. The monoisotopic (exact) mass is 298 g/mol. The first-order chi connectivity index (χ1) is 9.79. The molecule has 1 nitrogen and oxygen atoms in total. The van der Waals surface area contributed by atoms with Crippen LogP contribution in [-0.4, -0.2) is 12.0 Å². The summed E-state index contributed by atoms with van der Waals surface area (Å²) in [6.45, 7) is 3.82. The Morgan fingerprint density at radius 1 is 1.19 bits per heavy atom. The van der Waals surface area contributed by atoms with E-state index in [0.29, 0.717) is 12.8 Å². The van der Waals surface area contributed by atoms with E-state index in [0.717, 1.165) is 23.1 Å². The maximum atomic E-state index is 13.1. The Bertz CT molecular complexity index is 519. The second-order valence-corrected chi connectivity index (χ2v) is 6.11. The molecule has 0 bridgehead atoms. The molecule has 1 aliphatic carbocycles. The molecule has 0 spiro atoms. The van der Waals surface area contributed by atoms with Crippen LogP contribution in [0.25, 0.3) is 0 Å². The molecule has 1 aliphatic rings. The molecule has 2 unspecified atom stereocenters. The quantitative estimate of drug-likeness (QED) is 0.784. The predicted octanol–water partition coefficient (Wildman–Crippen LogP) is 4.78. The van der Waals surface area contributed by atoms with Crippen LogP contribution < -0.4 is 0 Å². The molecule has 1 fully saturated rings. The SMILES string of the molecule is Cc1ccc(C)c(CC(=O)C2CCCCC2C(F)(F)F)c1. The Morgan fingerprint density at radius 2 is 1.86 bits per heavy atom. The van der Waals surface area contributed by atoms with E-state index in [4.69, 9.17) is 0 Å². The van der Waals surface area contributed by atoms with Crippen molar-refractivity contribution >= 4 is 5.78 Å². The second-order valence-electron chi connectivity index (χ2n) is 6.11. The fourth-order valence-electron chi connectivity index (χ4n) is 3.22. The summed E-state index contributed by atoms with van der Waals surface area (Å²) in [6.07, 6.45) is -2.40. The van der Waals surface area contributed by atoms with Crippen molar-refractivity contribution < 1.29 is 18.0 Å². The van der Waals surface area contributed by atoms with E-state index in [-0.39, 0.29) is 18.6 Å². The van der Waals surface area contributed by atoms with Gasteiger partial charge in [-0.3, -0.25) is 4.79 Å². The van der Waals surface area contributed by atoms with Crippen molar-refractivity contribution in [2.24, 2.45) is 11.8 Å². The van der Waals surface area contributed by atoms with Crippen molar-refractivity contribution in [2.45, 2.75) is 52.1 Å². The first-order valence-corrected chi connectivity index (χ1v) is 7.44. The van der Waals surface area contributed by atoms with E-state index < -0.39 is 18.0 Å². The summed E-state index contributed by atoms with van der Waals surface area (Å²) in [4.78, 5) is 12.4. The third-order valence-corrected chi connectivity index (χ3v) is 4.47. The number of ketones is 1. The topological polar surface area (TPSA) is 17.1 Å². The third kappa shape index (κ3) is 3.86. The smallest absolute Gasteiger partial charge is 0.299 e. The third-order valence-electron chi connectivity index (χ3n) is 4.47. The Balaban J connectivity index is 2.16. The fraction of sp³-hybridized carbons (Fsp3) is 0.588. The highest BCUT2D eigenvalue weighted by Gasteiger charge is 2.47. The minimum Gasteiger partial charge on any atom is -0.299 e. The van der Waals surface area contributed by atoms with Gasteiger partial charge in [-0.15, -0.1) is 0 Å². The van der Waals surface area contributed by atoms with E-state index in [9.17, 15) is 18.0 Å². The Kier molecular flexibility index (Phi) is 4.74. The summed E-state index contributed by atoms with van der Waals surface area (Å²) >= 11 is 0. The van der Waals surface area contributed by atoms with Crippen LogP contribution in [0.15, 0.2) is 18.2 Å². The van der Waals surface area contributed by atoms with Crippen molar-refractivity contribution in [2.75, 3.05) is 0 Å². The predicted molar refractivity (Wildman–Crippen MR) is 76.1 cm³/mol. The van der Waals surface area contributed by atoms with Crippen molar-refractivity contribution in [1.29, 1.82) is 0 Å². The summed E-state index contributed by atoms with van der Waals surface area (Å²) in [5.74, 6) is -2.58. The molecule has 0 radical (unpaired) electrons. The van der Waals surface area contributed by atoms with Crippen LogP contribution >= 0.6 is 0 Å². The Labute approximate surface area is 123 Å². The van der Waals surface area contributed by atoms with Gasteiger partial charge in [0.15, 0.2) is 0 Å². The lowest BCUT2D eigenvalue weighted by atomic mass is 9.75. The molecule has 0 aliphatic heterocycles. The highest BCUT2D eigenvalue weighted by atomic mass is 19.4. The van der Waals surface area contributed by atoms with Crippen molar-refractivity contribution in [3.8, 4) is 0 Å². The molecule has 1 aromatic carbocycles. The van der Waals surface area contributed by atoms with Crippen molar-refractivity contribution in [3.05, 3.63) is 34.9 Å². The highest BCUT2D eigenvalue weighted by molar-refractivity contribution is 5.84. The number of Topliss-reactive ketones (excluding diaryl/α,β-unsaturated/α-hetero) is 1. The van der Waals surface area contributed by atoms with Gasteiger partial charge in [-0.2, -0.15) is 13.2 Å². The zero-order valence-corrected chi connectivity index (χ0v) is 12.5. The van der Waals surface area contributed by atoms with Gasteiger partial charge in [0.1, 0.15) is 5.78 Å². The van der Waals surface area contributed by atoms with Crippen LogP contribution in [0.1, 0.15) is 42.4 Å². The Morgan fingerprint density at radius 3 is 2.52 bits per heavy atom. The molecule has 1 aromatic rings. The highest BCUT2D eigenvalue weighted by Crippen LogP contribution is 2.42. The number of hydrogen-bond acceptors (Lipinski definition) is 1. The lowest BCUT2D eigenvalue weighted by Crippen LogP contribution is -2.37. The van der Waals surface area contributed by atoms with Gasteiger partial charge in [0, 0.05) is 12.3 Å². The molecule has 2 rings (SSSR count). The van der Waals surface area contributed by atoms with Crippen LogP contribution in [0.5, 0.6) is 0 Å². The molecule has 116 valence electrons. The molecule has 0 saturated heterocycles. The largest absolute Gasteiger partial charge is 0.392 e. The minimum absolute atomic E-state index is 0.0900. The first kappa shape index (κ1) is 16.1. The van der Waals surface area contributed by atoms with Crippen molar-refractivity contribution in [3.63, 3.8) is 0 Å². The summed E-state index contributed by atoms with van der Waals surface area (Å²) in [7, 11) is 0. The normalized spacial score (nSPS) is 23.1. The van der Waals surface area contributed by atoms with Gasteiger partial charge in [0.25, 0.3) is 0 Å². The zero-order valence-electron chi connectivity index (χ0n) is 12.5. The summed E-state index contributed by atoms with van der Waals surface area (Å²) < 4.78 is 39.2. The molecule has 0 aromatic heterocycles. The molecular formula is C17H21F3O. The van der Waals surface area contributed by atoms with Crippen LogP contribution in [0.2, 0.25) is 0 Å². The van der Waals surface area contributed by atoms with Crippen LogP contribution in [0.3, 0.4) is 0 Å². The maximum absolute atomic E-state index is 13.1. The number of halogens is 3. The van der Waals surface area contributed by atoms with Crippen LogP contribution in [0.4, 0.5) is 13.2 Å². The number of benzene rings is 1. The average Bonchev–Trinajstić information content (AvgIpc) is 2.42. The summed E-state index contributed by atoms with van der Waals surface area (Å²) in [6, 6.07) is 5.77. The van der Waals surface area contributed by atoms with E-state index in [2.05, 4.69) is 0 Å². The average molecular weight is 298 g/mol. The van der Waals surface area contributed by atoms with Gasteiger partial charge in [0.2, 0.25) is 0 Å². The van der Waals surface area contributed by atoms with E-state index >= 15 is 0 Å². The van der Waals surface area contributed by atoms with Gasteiger partial charge in [-0.25, -0.2) is 0 Å². The molecular weight excluding hydrogens is 277 g/mol. The van der Waals surface area contributed by atoms with Gasteiger partial charge >= 0.3 is 6.18 Å². The summed E-state index contributed by atoms with van der Waals surface area (Å²) in [5.41, 5.74) is 2.85. The lowest BCUT2D eigenvalue weighted by molar-refractivity contribution is -0.197. The molecule has 21 heavy (non-hydrogen) atoms. The standard InChI is InChI=1S/C17H21F3O/c1-11-7-8-12(2)13(9-11)10-16(21)14-5-3-4-6-15(14)17(18,19)20/h7-9,14-15H,3-6,10H2,1-2H3. The van der Waals surface area contributed by atoms with E-state index in [1.807, 2.05) is 32.0 Å². The molecule has 4 heteroatoms. The molecule has 0 heterocycles. The lowest BCUT2D eigenvalue weighted by Gasteiger charge is -2.32. The van der Waals surface area contributed by atoms with Gasteiger partial charge in [-0.05, 0) is 37.8 Å². The van der Waals surface area contributed by atoms with Crippen molar-refractivity contribution in [1.82, 2.24) is 0 Å². The van der Waals surface area contributed by atoms with Crippen LogP contribution in [-0.2, 0) is 11.2 Å². The fourth-order valence-corrected chi connectivity index (χ4v) is 3.22. The number of carbonyl (C=O) groups is 1. The number of aryl methyl sites for hydroxylation is 2. The number of hydrogen-bond donors (Lipinski definition) is 0. The van der Waals surface area contributed by atoms with E-state index in [1.165, 1.54) is 0 Å². The molecule has 1 saturated carbocycles. The van der Waals surface area contributed by atoms with E-state index in [1.54, 1.807) is 0 Å². The minimum atomic E-state index is -4.26. The van der Waals surface area contributed by atoms with Gasteiger partial charge in [0.05, 0.1) is 5.92 Å². The number of carbonyl (C=O) groups excluding carboxylic acids is 1. The molecule has 2 atom stereocenters. The Hall–Kier alpha value is -1.32. The second kappa shape index (κ2) is 6.20. The molecule has 0 N–H and O–H groups in total. The number of alkyl halides is 3. The van der Waals surface area contributed by atoms with Gasteiger partial charge in [-0.1, -0.05) is 36.6 Å². The first-order valence-electron chi connectivity index (χ1n) is 7.44. The zero-order chi connectivity index (χ0) is 15.6. The van der Waals surface area contributed by atoms with Gasteiger partial charge < -0.3 is 0 Å². The molecule has 0 amide bonds. The maximum Gasteiger partial charge on any atom is 0.392 e. The van der Waals surface area contributed by atoms with Crippen LogP contribution in [0, 0.1) is 25.7 Å².